The Hall–Kier alpha value is -6.79. The van der Waals surface area contributed by atoms with E-state index in [4.69, 9.17) is 10.5 Å². The fraction of sp³-hybridized carbons (Fsp3) is 0.525. The van der Waals surface area contributed by atoms with Crippen molar-refractivity contribution in [3.8, 4) is 33.2 Å². The number of phenolic OH excluding ortho intramolecular Hbond substituents is 1. The van der Waals surface area contributed by atoms with E-state index in [1.165, 1.54) is 5.69 Å². The number of amides is 4. The van der Waals surface area contributed by atoms with E-state index in [1.807, 2.05) is 74.5 Å². The van der Waals surface area contributed by atoms with Gasteiger partial charge in [0.2, 0.25) is 23.6 Å². The number of rotatable bonds is 24. The number of hydrogen-bond acceptors (Lipinski definition) is 14. The predicted octanol–water partition coefficient (Wildman–Crippen LogP) is 8.76. The first-order chi connectivity index (χ1) is 38.3. The average Bonchev–Trinajstić information content (AvgIpc) is 4.34. The van der Waals surface area contributed by atoms with Crippen molar-refractivity contribution >= 4 is 52.2 Å². The first kappa shape index (κ1) is 56.9. The summed E-state index contributed by atoms with van der Waals surface area (Å²) in [5, 5.41) is 25.2. The summed E-state index contributed by atoms with van der Waals surface area (Å²) in [6.45, 7) is 14.5. The number of phenols is 1. The number of fused-ring (bicyclic) bond motifs is 2. The number of aryl methyl sites for hydroxylation is 1. The van der Waals surface area contributed by atoms with Crippen LogP contribution < -0.4 is 30.9 Å². The molecule has 4 fully saturated rings. The number of carbonyl (C=O) groups is 4. The van der Waals surface area contributed by atoms with Gasteiger partial charge in [-0.3, -0.25) is 24.1 Å². The normalized spacial score (nSPS) is 19.2. The molecule has 0 spiro atoms. The summed E-state index contributed by atoms with van der Waals surface area (Å²) in [6.07, 6.45) is 11.2. The summed E-state index contributed by atoms with van der Waals surface area (Å²) in [5.41, 5.74) is 14.6. The molecule has 4 amide bonds. The number of thiazole rings is 1. The molecule has 2 aromatic heterocycles. The van der Waals surface area contributed by atoms with Crippen LogP contribution >= 0.6 is 11.3 Å². The molecule has 79 heavy (non-hydrogen) atoms. The largest absolute Gasteiger partial charge is 0.507 e. The molecule has 5 aromatic rings. The molecule has 18 heteroatoms. The van der Waals surface area contributed by atoms with Gasteiger partial charge in [-0.15, -0.1) is 21.5 Å². The van der Waals surface area contributed by atoms with Crippen LogP contribution in [0.4, 0.5) is 17.2 Å². The average molecular weight is 1100 g/mol. The van der Waals surface area contributed by atoms with Crippen LogP contribution in [0, 0.1) is 12.8 Å². The van der Waals surface area contributed by atoms with Crippen LogP contribution in [-0.4, -0.2) is 142 Å². The smallest absolute Gasteiger partial charge is 0.246 e. The van der Waals surface area contributed by atoms with Crippen LogP contribution in [0.2, 0.25) is 0 Å². The lowest BCUT2D eigenvalue weighted by Crippen LogP contribution is -2.55. The third-order valence-corrected chi connectivity index (χ3v) is 17.5. The molecule has 422 valence electrons. The predicted molar refractivity (Wildman–Crippen MR) is 312 cm³/mol. The van der Waals surface area contributed by atoms with E-state index in [0.717, 1.165) is 143 Å². The van der Waals surface area contributed by atoms with Gasteiger partial charge in [-0.05, 0) is 99.7 Å². The van der Waals surface area contributed by atoms with Crippen molar-refractivity contribution in [2.24, 2.45) is 5.92 Å². The highest BCUT2D eigenvalue weighted by molar-refractivity contribution is 7.13. The molecule has 4 saturated heterocycles. The van der Waals surface area contributed by atoms with Gasteiger partial charge in [0.1, 0.15) is 30.2 Å². The van der Waals surface area contributed by atoms with E-state index < -0.39 is 12.1 Å². The number of aromatic nitrogens is 3. The van der Waals surface area contributed by atoms with Crippen molar-refractivity contribution in [3.63, 3.8) is 0 Å². The minimum Gasteiger partial charge on any atom is -0.507 e. The minimum atomic E-state index is -0.688. The number of piperazine rings is 2. The molecular weight excluding hydrogens is 1010 g/mol. The Morgan fingerprint density at radius 2 is 1.51 bits per heavy atom. The standard InChI is InChI=1S/C61H81N11O6S/c1-41(2)57(61(77)71-29-15-19-52(71)60(76)64-42(3)44-23-25-45(26-24-44)58-43(4)63-40-79-58)65-55(74)21-10-8-6-5-7-9-11-22-56(75)69-32-30-68(31-33-69)34-35-78-49-17-14-16-46(36-49)72-47-27-28-48(72)39-70(38-47)53-37-51(66-67-59(53)62)50-18-12-13-20-54(50)73/h12-14,16-18,20,23-26,36-37,40-42,47-48,52,57,73H,5-11,15,19,21-22,27-35,38-39H2,1-4H3,(H2,62,67)(H,64,76)(H,65,74)/t42-,47?,48?,52-,57-/m0/s1. The van der Waals surface area contributed by atoms with E-state index in [1.54, 1.807) is 28.4 Å². The highest BCUT2D eigenvalue weighted by atomic mass is 32.1. The minimum absolute atomic E-state index is 0.122. The van der Waals surface area contributed by atoms with Gasteiger partial charge in [-0.1, -0.05) is 88.4 Å². The Balaban J connectivity index is 0.610. The number of anilines is 3. The Bertz CT molecular complexity index is 2840. The Kier molecular flexibility index (Phi) is 19.4. The highest BCUT2D eigenvalue weighted by Gasteiger charge is 2.42. The van der Waals surface area contributed by atoms with Gasteiger partial charge in [-0.25, -0.2) is 4.98 Å². The van der Waals surface area contributed by atoms with E-state index in [0.29, 0.717) is 61.6 Å². The molecule has 17 nitrogen and oxygen atoms in total. The summed E-state index contributed by atoms with van der Waals surface area (Å²) in [6, 6.07) is 24.9. The maximum absolute atomic E-state index is 13.9. The van der Waals surface area contributed by atoms with Crippen LogP contribution in [0.25, 0.3) is 21.7 Å². The highest BCUT2D eigenvalue weighted by Crippen LogP contribution is 2.40. The van der Waals surface area contributed by atoms with Gasteiger partial charge in [-0.2, -0.15) is 0 Å². The maximum atomic E-state index is 13.9. The molecule has 0 radical (unpaired) electrons. The van der Waals surface area contributed by atoms with E-state index in [-0.39, 0.29) is 41.3 Å². The molecule has 5 N–H and O–H groups in total. The van der Waals surface area contributed by atoms with Gasteiger partial charge in [0.25, 0.3) is 0 Å². The third kappa shape index (κ3) is 14.3. The molecule has 5 atom stereocenters. The molecule has 2 bridgehead atoms. The fourth-order valence-electron chi connectivity index (χ4n) is 12.0. The van der Waals surface area contributed by atoms with Gasteiger partial charge in [0.15, 0.2) is 5.82 Å². The number of nitrogen functional groups attached to an aromatic ring is 1. The van der Waals surface area contributed by atoms with Gasteiger partial charge in [0, 0.05) is 94.6 Å². The Morgan fingerprint density at radius 3 is 2.20 bits per heavy atom. The van der Waals surface area contributed by atoms with Crippen molar-refractivity contribution < 1.29 is 29.0 Å². The number of hydrogen-bond donors (Lipinski definition) is 4. The molecule has 4 aliphatic rings. The number of nitrogens with two attached hydrogens (primary N) is 1. The molecule has 9 rings (SSSR count). The Labute approximate surface area is 470 Å². The van der Waals surface area contributed by atoms with Crippen molar-refractivity contribution in [2.45, 2.75) is 141 Å². The third-order valence-electron chi connectivity index (χ3n) is 16.5. The number of nitrogens with zero attached hydrogens (tertiary/aromatic N) is 8. The number of likely N-dealkylation sites (tertiary alicyclic amines) is 1. The number of unbranched alkanes of at least 4 members (excludes halogenated alkanes) is 6. The summed E-state index contributed by atoms with van der Waals surface area (Å²) in [5.74, 6) is 1.04. The molecular formula is C61H81N11O6S. The summed E-state index contributed by atoms with van der Waals surface area (Å²) < 4.78 is 6.32. The SMILES string of the molecule is Cc1ncsc1-c1ccc([C@H](C)NC(=O)[C@@H]2CCCN2C(=O)[C@@H](NC(=O)CCCCCCCCCC(=O)N2CCN(CCOc3cccc(N4C5CCC4CN(c4cc(-c6ccccc6O)nnc4N)C5)c3)CC2)C(C)C)cc1. The second-order valence-corrected chi connectivity index (χ2v) is 23.2. The summed E-state index contributed by atoms with van der Waals surface area (Å²) in [4.78, 5) is 70.2. The number of aromatic hydroxyl groups is 1. The fourth-order valence-corrected chi connectivity index (χ4v) is 12.8. The van der Waals surface area contributed by atoms with E-state index >= 15 is 0 Å². The molecule has 3 aromatic carbocycles. The van der Waals surface area contributed by atoms with Crippen molar-refractivity contribution in [1.29, 1.82) is 0 Å². The van der Waals surface area contributed by atoms with Crippen LogP contribution in [0.3, 0.4) is 0 Å². The number of benzene rings is 3. The van der Waals surface area contributed by atoms with Gasteiger partial charge >= 0.3 is 0 Å². The first-order valence-electron chi connectivity index (χ1n) is 28.9. The second kappa shape index (κ2) is 26.9. The van der Waals surface area contributed by atoms with E-state index in [2.05, 4.69) is 70.8 Å². The number of nitrogens with one attached hydrogen (secondary N) is 2. The lowest BCUT2D eigenvalue weighted by Gasteiger charge is -2.43. The lowest BCUT2D eigenvalue weighted by atomic mass is 10.0. The van der Waals surface area contributed by atoms with Gasteiger partial charge < -0.3 is 45.8 Å². The van der Waals surface area contributed by atoms with Gasteiger partial charge in [0.05, 0.1) is 33.5 Å². The second-order valence-electron chi connectivity index (χ2n) is 22.4. The molecule has 6 heterocycles. The van der Waals surface area contributed by atoms with E-state index in [9.17, 15) is 24.3 Å². The molecule has 2 unspecified atom stereocenters. The molecule has 0 saturated carbocycles. The van der Waals surface area contributed by atoms with Crippen molar-refractivity contribution in [3.05, 3.63) is 95.6 Å². The molecule has 0 aliphatic carbocycles. The topological polar surface area (TPSA) is 203 Å². The van der Waals surface area contributed by atoms with Crippen molar-refractivity contribution in [1.82, 2.24) is 40.5 Å². The maximum Gasteiger partial charge on any atom is 0.246 e. The van der Waals surface area contributed by atoms with Crippen LogP contribution in [0.5, 0.6) is 11.5 Å². The van der Waals surface area contributed by atoms with Crippen LogP contribution in [0.1, 0.15) is 122 Å². The monoisotopic (exact) mass is 1100 g/mol. The molecule has 4 aliphatic heterocycles. The summed E-state index contributed by atoms with van der Waals surface area (Å²) >= 11 is 1.61. The first-order valence-corrected chi connectivity index (χ1v) is 29.8. The summed E-state index contributed by atoms with van der Waals surface area (Å²) in [7, 11) is 0. The zero-order chi connectivity index (χ0) is 55.4. The zero-order valence-corrected chi connectivity index (χ0v) is 47.5. The van der Waals surface area contributed by atoms with Crippen molar-refractivity contribution in [2.75, 3.05) is 74.5 Å². The van der Waals surface area contributed by atoms with Crippen LogP contribution in [-0.2, 0) is 19.2 Å². The van der Waals surface area contributed by atoms with Crippen LogP contribution in [0.15, 0.2) is 84.4 Å². The number of ether oxygens (including phenoxy) is 1. The number of para-hydroxylation sites is 1. The zero-order valence-electron chi connectivity index (χ0n) is 46.7. The lowest BCUT2D eigenvalue weighted by molar-refractivity contribution is -0.142. The quantitative estimate of drug-likeness (QED) is 0.0428. The Morgan fingerprint density at radius 1 is 0.797 bits per heavy atom. The number of carbonyl (C=O) groups excluding carboxylic acids is 4.